The molecule has 0 aliphatic heterocycles. The van der Waals surface area contributed by atoms with Gasteiger partial charge < -0.3 is 5.11 Å². The first-order valence-corrected chi connectivity index (χ1v) is 7.83. The zero-order valence-corrected chi connectivity index (χ0v) is 10.9. The van der Waals surface area contributed by atoms with E-state index in [0.29, 0.717) is 0 Å². The number of aryl methyl sites for hydroxylation is 1. The Morgan fingerprint density at radius 2 is 1.82 bits per heavy atom. The molecule has 0 amide bonds. The first-order chi connectivity index (χ1) is 7.99. The van der Waals surface area contributed by atoms with E-state index < -0.39 is 15.1 Å². The Morgan fingerprint density at radius 3 is 2.18 bits per heavy atom. The van der Waals surface area contributed by atoms with Crippen LogP contribution in [0.1, 0.15) is 24.0 Å². The van der Waals surface area contributed by atoms with Crippen molar-refractivity contribution in [3.63, 3.8) is 0 Å². The summed E-state index contributed by atoms with van der Waals surface area (Å²) in [6, 6.07) is 8.03. The third-order valence-corrected chi connectivity index (χ3v) is 5.21. The number of rotatable bonds is 4. The van der Waals surface area contributed by atoms with E-state index in [1.807, 2.05) is 24.3 Å². The van der Waals surface area contributed by atoms with Crippen LogP contribution >= 0.6 is 0 Å². The molecular weight excluding hydrogens is 236 g/mol. The minimum atomic E-state index is -3.06. The van der Waals surface area contributed by atoms with Gasteiger partial charge in [0.25, 0.3) is 0 Å². The van der Waals surface area contributed by atoms with Crippen LogP contribution in [0.5, 0.6) is 0 Å². The minimum absolute atomic E-state index is 0.0269. The highest BCUT2D eigenvalue weighted by atomic mass is 32.2. The van der Waals surface area contributed by atoms with Crippen LogP contribution in [0.2, 0.25) is 0 Å². The van der Waals surface area contributed by atoms with Gasteiger partial charge >= 0.3 is 0 Å². The molecule has 0 spiro atoms. The van der Waals surface area contributed by atoms with Gasteiger partial charge in [-0.05, 0) is 17.5 Å². The molecule has 94 valence electrons. The van der Waals surface area contributed by atoms with Crippen LogP contribution in [0.25, 0.3) is 0 Å². The first kappa shape index (κ1) is 12.6. The molecule has 1 fully saturated rings. The molecule has 0 heterocycles. The van der Waals surface area contributed by atoms with Crippen molar-refractivity contribution < 1.29 is 13.5 Å². The molecule has 0 saturated heterocycles. The highest BCUT2D eigenvalue weighted by Gasteiger charge is 2.56. The van der Waals surface area contributed by atoms with Crippen molar-refractivity contribution in [3.05, 3.63) is 35.4 Å². The SMILES string of the molecule is CCc1ccc([C@@H]2[C@H](CO)[C@@H]2S(C)(=O)=O)cc1. The van der Waals surface area contributed by atoms with Crippen LogP contribution in [0.3, 0.4) is 0 Å². The van der Waals surface area contributed by atoms with E-state index in [0.717, 1.165) is 12.0 Å². The summed E-state index contributed by atoms with van der Waals surface area (Å²) >= 11 is 0. The summed E-state index contributed by atoms with van der Waals surface area (Å²) < 4.78 is 23.1. The third kappa shape index (κ3) is 2.38. The molecule has 17 heavy (non-hydrogen) atoms. The predicted octanol–water partition coefficient (Wildman–Crippen LogP) is 1.37. The maximum Gasteiger partial charge on any atom is 0.151 e. The van der Waals surface area contributed by atoms with Crippen molar-refractivity contribution in [2.24, 2.45) is 5.92 Å². The van der Waals surface area contributed by atoms with Gasteiger partial charge in [-0.25, -0.2) is 8.42 Å². The Morgan fingerprint density at radius 1 is 1.24 bits per heavy atom. The second-order valence-corrected chi connectivity index (χ2v) is 6.96. The lowest BCUT2D eigenvalue weighted by atomic mass is 10.1. The van der Waals surface area contributed by atoms with Crippen LogP contribution < -0.4 is 0 Å². The molecule has 3 atom stereocenters. The number of hydrogen-bond donors (Lipinski definition) is 1. The topological polar surface area (TPSA) is 54.4 Å². The molecule has 0 radical (unpaired) electrons. The summed E-state index contributed by atoms with van der Waals surface area (Å²) in [6.45, 7) is 2.03. The third-order valence-electron chi connectivity index (χ3n) is 3.57. The lowest BCUT2D eigenvalue weighted by Gasteiger charge is -2.01. The van der Waals surface area contributed by atoms with Gasteiger partial charge in [0.05, 0.1) is 5.25 Å². The number of sulfone groups is 1. The molecule has 1 aromatic carbocycles. The Balaban J connectivity index is 2.23. The molecule has 3 nitrogen and oxygen atoms in total. The molecule has 2 rings (SSSR count). The van der Waals surface area contributed by atoms with Gasteiger partial charge in [-0.15, -0.1) is 0 Å². The fourth-order valence-electron chi connectivity index (χ4n) is 2.56. The molecule has 1 N–H and O–H groups in total. The minimum Gasteiger partial charge on any atom is -0.396 e. The zero-order valence-electron chi connectivity index (χ0n) is 10.1. The molecule has 0 unspecified atom stereocenters. The molecular formula is C13H18O3S. The van der Waals surface area contributed by atoms with Crippen molar-refractivity contribution in [1.29, 1.82) is 0 Å². The van der Waals surface area contributed by atoms with Crippen molar-refractivity contribution in [2.75, 3.05) is 12.9 Å². The number of aliphatic hydroxyl groups is 1. The monoisotopic (exact) mass is 254 g/mol. The Labute approximate surface area is 102 Å². The largest absolute Gasteiger partial charge is 0.396 e. The van der Waals surface area contributed by atoms with E-state index in [4.69, 9.17) is 0 Å². The molecule has 0 aromatic heterocycles. The van der Waals surface area contributed by atoms with E-state index in [2.05, 4.69) is 6.92 Å². The van der Waals surface area contributed by atoms with E-state index in [-0.39, 0.29) is 18.4 Å². The van der Waals surface area contributed by atoms with Crippen LogP contribution in [0.4, 0.5) is 0 Å². The fraction of sp³-hybridized carbons (Fsp3) is 0.538. The maximum absolute atomic E-state index is 11.6. The Kier molecular flexibility index (Phi) is 3.27. The van der Waals surface area contributed by atoms with Crippen molar-refractivity contribution >= 4 is 9.84 Å². The summed E-state index contributed by atoms with van der Waals surface area (Å²) in [5.41, 5.74) is 2.27. The van der Waals surface area contributed by atoms with Gasteiger partial charge in [0, 0.05) is 24.7 Å². The predicted molar refractivity (Wildman–Crippen MR) is 67.8 cm³/mol. The lowest BCUT2D eigenvalue weighted by Crippen LogP contribution is -2.08. The molecule has 1 aliphatic rings. The normalized spacial score (nSPS) is 28.1. The highest BCUT2D eigenvalue weighted by Crippen LogP contribution is 2.51. The standard InChI is InChI=1S/C13H18O3S/c1-3-9-4-6-10(7-5-9)12-11(8-14)13(12)17(2,15)16/h4-7,11-14H,3,8H2,1-2H3/t11-,12+,13-/m0/s1. The number of aliphatic hydroxyl groups excluding tert-OH is 1. The Bertz CT molecular complexity index is 490. The average Bonchev–Trinajstić information content (AvgIpc) is 3.03. The van der Waals surface area contributed by atoms with Crippen LogP contribution in [0, 0.1) is 5.92 Å². The summed E-state index contributed by atoms with van der Waals surface area (Å²) in [5.74, 6) is -0.154. The van der Waals surface area contributed by atoms with Gasteiger partial charge in [-0.3, -0.25) is 0 Å². The highest BCUT2D eigenvalue weighted by molar-refractivity contribution is 7.91. The maximum atomic E-state index is 11.6. The van der Waals surface area contributed by atoms with Crippen LogP contribution in [0.15, 0.2) is 24.3 Å². The first-order valence-electron chi connectivity index (χ1n) is 5.87. The van der Waals surface area contributed by atoms with Gasteiger partial charge in [-0.1, -0.05) is 31.2 Å². The molecule has 1 aromatic rings. The summed E-state index contributed by atoms with van der Waals surface area (Å²) in [5, 5.41) is 8.81. The van der Waals surface area contributed by atoms with Gasteiger partial charge in [-0.2, -0.15) is 0 Å². The van der Waals surface area contributed by atoms with E-state index in [1.54, 1.807) is 0 Å². The summed E-state index contributed by atoms with van der Waals surface area (Å²) in [6.07, 6.45) is 2.23. The molecule has 4 heteroatoms. The van der Waals surface area contributed by atoms with E-state index >= 15 is 0 Å². The van der Waals surface area contributed by atoms with Gasteiger partial charge in [0.15, 0.2) is 9.84 Å². The van der Waals surface area contributed by atoms with Crippen LogP contribution in [-0.4, -0.2) is 31.6 Å². The molecule has 1 saturated carbocycles. The smallest absolute Gasteiger partial charge is 0.151 e. The number of benzene rings is 1. The second-order valence-electron chi connectivity index (χ2n) is 4.76. The van der Waals surface area contributed by atoms with Crippen molar-refractivity contribution in [3.8, 4) is 0 Å². The fourth-order valence-corrected chi connectivity index (χ4v) is 4.25. The van der Waals surface area contributed by atoms with Crippen molar-refractivity contribution in [2.45, 2.75) is 24.5 Å². The molecule has 1 aliphatic carbocycles. The quantitative estimate of drug-likeness (QED) is 0.883. The molecule has 0 bridgehead atoms. The summed E-state index contributed by atoms with van der Waals surface area (Å²) in [7, 11) is -3.06. The Hall–Kier alpha value is -0.870. The van der Waals surface area contributed by atoms with Gasteiger partial charge in [0.2, 0.25) is 0 Å². The van der Waals surface area contributed by atoms with Crippen molar-refractivity contribution in [1.82, 2.24) is 0 Å². The van der Waals surface area contributed by atoms with E-state index in [1.165, 1.54) is 11.8 Å². The van der Waals surface area contributed by atoms with E-state index in [9.17, 15) is 13.5 Å². The zero-order chi connectivity index (χ0) is 12.6. The second kappa shape index (κ2) is 4.42. The van der Waals surface area contributed by atoms with Gasteiger partial charge in [0.1, 0.15) is 0 Å². The lowest BCUT2D eigenvalue weighted by molar-refractivity contribution is 0.274. The number of hydrogen-bond acceptors (Lipinski definition) is 3. The summed E-state index contributed by atoms with van der Waals surface area (Å²) in [4.78, 5) is 0. The van der Waals surface area contributed by atoms with Crippen LogP contribution in [-0.2, 0) is 16.3 Å². The average molecular weight is 254 g/mol.